The van der Waals surface area contributed by atoms with Gasteiger partial charge in [0.1, 0.15) is 11.5 Å². The molecule has 138 valence electrons. The van der Waals surface area contributed by atoms with E-state index in [9.17, 15) is 14.0 Å². The number of halogens is 2. The summed E-state index contributed by atoms with van der Waals surface area (Å²) in [7, 11) is 0. The van der Waals surface area contributed by atoms with Gasteiger partial charge < -0.3 is 10.6 Å². The summed E-state index contributed by atoms with van der Waals surface area (Å²) < 4.78 is 12.9. The Morgan fingerprint density at radius 2 is 1.81 bits per heavy atom. The fraction of sp³-hybridized carbons (Fsp3) is 0.0556. The van der Waals surface area contributed by atoms with Crippen LogP contribution in [0.25, 0.3) is 0 Å². The molecule has 2 aromatic carbocycles. The monoisotopic (exact) mass is 404 g/mol. The number of aromatic nitrogens is 1. The molecule has 1 aromatic heterocycles. The molecule has 0 atom stereocenters. The molecule has 0 aliphatic heterocycles. The van der Waals surface area contributed by atoms with Gasteiger partial charge in [-0.15, -0.1) is 11.3 Å². The van der Waals surface area contributed by atoms with E-state index in [1.165, 1.54) is 29.6 Å². The van der Waals surface area contributed by atoms with E-state index < -0.39 is 17.8 Å². The highest BCUT2D eigenvalue weighted by atomic mass is 35.5. The normalized spacial score (nSPS) is 10.3. The Morgan fingerprint density at radius 1 is 1.07 bits per heavy atom. The average Bonchev–Trinajstić information content (AvgIpc) is 3.08. The predicted octanol–water partition coefficient (Wildman–Crippen LogP) is 5.14. The van der Waals surface area contributed by atoms with Crippen molar-refractivity contribution in [3.05, 3.63) is 69.9 Å². The number of rotatable bonds is 4. The first kappa shape index (κ1) is 18.8. The van der Waals surface area contributed by atoms with Gasteiger partial charge in [0, 0.05) is 21.8 Å². The van der Waals surface area contributed by atoms with Gasteiger partial charge in [-0.3, -0.25) is 10.1 Å². The molecule has 0 unspecified atom stereocenters. The lowest BCUT2D eigenvalue weighted by molar-refractivity contribution is 0.102. The molecule has 0 radical (unpaired) electrons. The molecular formula is C18H14ClFN4O2S. The highest BCUT2D eigenvalue weighted by Crippen LogP contribution is 2.22. The number of anilines is 3. The third kappa shape index (κ3) is 5.02. The van der Waals surface area contributed by atoms with Crippen LogP contribution in [0.5, 0.6) is 0 Å². The summed E-state index contributed by atoms with van der Waals surface area (Å²) in [6.07, 6.45) is 0. The summed E-state index contributed by atoms with van der Waals surface area (Å²) in [4.78, 5) is 28.4. The van der Waals surface area contributed by atoms with Crippen molar-refractivity contribution >= 4 is 51.4 Å². The molecular weight excluding hydrogens is 391 g/mol. The maximum absolute atomic E-state index is 12.9. The molecule has 6 nitrogen and oxygen atoms in total. The largest absolute Gasteiger partial charge is 0.325 e. The van der Waals surface area contributed by atoms with Crippen LogP contribution in [0.3, 0.4) is 0 Å². The second-order valence-corrected chi connectivity index (χ2v) is 6.83. The topological polar surface area (TPSA) is 83.1 Å². The van der Waals surface area contributed by atoms with Crippen molar-refractivity contribution in [1.29, 1.82) is 0 Å². The number of thiazole rings is 1. The smallest absolute Gasteiger partial charge is 0.320 e. The van der Waals surface area contributed by atoms with E-state index in [1.54, 1.807) is 18.2 Å². The van der Waals surface area contributed by atoms with Crippen LogP contribution in [-0.4, -0.2) is 16.9 Å². The van der Waals surface area contributed by atoms with Crippen LogP contribution in [0.4, 0.5) is 25.7 Å². The van der Waals surface area contributed by atoms with E-state index in [-0.39, 0.29) is 10.8 Å². The Morgan fingerprint density at radius 3 is 2.56 bits per heavy atom. The Labute approximate surface area is 163 Å². The maximum Gasteiger partial charge on any atom is 0.325 e. The molecule has 3 rings (SSSR count). The lowest BCUT2D eigenvalue weighted by atomic mass is 10.2. The van der Waals surface area contributed by atoms with Gasteiger partial charge in [0.25, 0.3) is 5.91 Å². The van der Waals surface area contributed by atoms with Gasteiger partial charge in [-0.1, -0.05) is 17.7 Å². The zero-order chi connectivity index (χ0) is 19.4. The van der Waals surface area contributed by atoms with Crippen molar-refractivity contribution in [3.63, 3.8) is 0 Å². The minimum atomic E-state index is -0.548. The maximum atomic E-state index is 12.9. The van der Waals surface area contributed by atoms with Crippen LogP contribution < -0.4 is 16.0 Å². The number of hydrogen-bond acceptors (Lipinski definition) is 4. The highest BCUT2D eigenvalue weighted by molar-refractivity contribution is 7.14. The molecule has 9 heteroatoms. The summed E-state index contributed by atoms with van der Waals surface area (Å²) in [5.41, 5.74) is 2.04. The fourth-order valence-corrected chi connectivity index (χ4v) is 3.00. The SMILES string of the molecule is Cc1ccc(Cl)cc1NC(=O)c1csc(NC(=O)Nc2ccc(F)cc2)n1. The van der Waals surface area contributed by atoms with Crippen molar-refractivity contribution in [1.82, 2.24) is 4.98 Å². The summed E-state index contributed by atoms with van der Waals surface area (Å²) >= 11 is 7.05. The molecule has 0 fully saturated rings. The molecule has 3 amide bonds. The van der Waals surface area contributed by atoms with E-state index in [0.29, 0.717) is 16.4 Å². The second-order valence-electron chi connectivity index (χ2n) is 5.54. The van der Waals surface area contributed by atoms with Gasteiger partial charge in [0.15, 0.2) is 5.13 Å². The van der Waals surface area contributed by atoms with Crippen molar-refractivity contribution < 1.29 is 14.0 Å². The lowest BCUT2D eigenvalue weighted by Crippen LogP contribution is -2.19. The van der Waals surface area contributed by atoms with Crippen LogP contribution in [0, 0.1) is 12.7 Å². The van der Waals surface area contributed by atoms with Gasteiger partial charge in [0.2, 0.25) is 0 Å². The Bertz CT molecular complexity index is 991. The minimum absolute atomic E-state index is 0.163. The van der Waals surface area contributed by atoms with Gasteiger partial charge in [-0.2, -0.15) is 0 Å². The summed E-state index contributed by atoms with van der Waals surface area (Å²) in [5, 5.41) is 10.1. The van der Waals surface area contributed by atoms with Crippen LogP contribution in [0.1, 0.15) is 16.1 Å². The van der Waals surface area contributed by atoms with E-state index >= 15 is 0 Å². The van der Waals surface area contributed by atoms with E-state index in [4.69, 9.17) is 11.6 Å². The van der Waals surface area contributed by atoms with E-state index in [1.807, 2.05) is 6.92 Å². The Kier molecular flexibility index (Phi) is 5.68. The third-order valence-corrected chi connectivity index (χ3v) is 4.50. The first-order valence-corrected chi connectivity index (χ1v) is 9.03. The molecule has 0 saturated heterocycles. The number of amides is 3. The van der Waals surface area contributed by atoms with Gasteiger partial charge in [0.05, 0.1) is 0 Å². The standard InChI is InChI=1S/C18H14ClFN4O2S/c1-10-2-3-11(19)8-14(10)22-16(25)15-9-27-18(23-15)24-17(26)21-13-6-4-12(20)5-7-13/h2-9H,1H3,(H,22,25)(H2,21,23,24,26). The van der Waals surface area contributed by atoms with Crippen molar-refractivity contribution in [2.45, 2.75) is 6.92 Å². The quantitative estimate of drug-likeness (QED) is 0.563. The van der Waals surface area contributed by atoms with Gasteiger partial charge in [-0.05, 0) is 48.9 Å². The molecule has 0 saturated carbocycles. The first-order chi connectivity index (χ1) is 12.9. The predicted molar refractivity (Wildman–Crippen MR) is 105 cm³/mol. The Balaban J connectivity index is 1.62. The van der Waals surface area contributed by atoms with E-state index in [0.717, 1.165) is 16.9 Å². The van der Waals surface area contributed by atoms with Crippen LogP contribution in [0.15, 0.2) is 47.8 Å². The number of aryl methyl sites for hydroxylation is 1. The Hall–Kier alpha value is -2.97. The van der Waals surface area contributed by atoms with Crippen molar-refractivity contribution in [2.75, 3.05) is 16.0 Å². The van der Waals surface area contributed by atoms with Crippen LogP contribution in [0.2, 0.25) is 5.02 Å². The fourth-order valence-electron chi connectivity index (χ4n) is 2.14. The lowest BCUT2D eigenvalue weighted by Gasteiger charge is -2.07. The van der Waals surface area contributed by atoms with Gasteiger partial charge in [-0.25, -0.2) is 14.2 Å². The van der Waals surface area contributed by atoms with Crippen LogP contribution in [-0.2, 0) is 0 Å². The molecule has 0 bridgehead atoms. The number of hydrogen-bond donors (Lipinski definition) is 3. The van der Waals surface area contributed by atoms with Crippen molar-refractivity contribution in [3.8, 4) is 0 Å². The number of urea groups is 1. The molecule has 1 heterocycles. The van der Waals surface area contributed by atoms with Gasteiger partial charge >= 0.3 is 6.03 Å². The highest BCUT2D eigenvalue weighted by Gasteiger charge is 2.14. The van der Waals surface area contributed by atoms with Crippen molar-refractivity contribution in [2.24, 2.45) is 0 Å². The van der Waals surface area contributed by atoms with E-state index in [2.05, 4.69) is 20.9 Å². The number of nitrogens with one attached hydrogen (secondary N) is 3. The zero-order valence-corrected chi connectivity index (χ0v) is 15.6. The first-order valence-electron chi connectivity index (χ1n) is 7.77. The molecule has 0 aliphatic rings. The molecule has 0 aliphatic carbocycles. The third-order valence-electron chi connectivity index (χ3n) is 3.51. The number of nitrogens with zero attached hydrogens (tertiary/aromatic N) is 1. The molecule has 3 N–H and O–H groups in total. The summed E-state index contributed by atoms with van der Waals surface area (Å²) in [6.45, 7) is 1.85. The molecule has 0 spiro atoms. The minimum Gasteiger partial charge on any atom is -0.320 e. The second kappa shape index (κ2) is 8.15. The molecule has 3 aromatic rings. The number of carbonyl (C=O) groups is 2. The average molecular weight is 405 g/mol. The molecule has 27 heavy (non-hydrogen) atoms. The number of benzene rings is 2. The zero-order valence-electron chi connectivity index (χ0n) is 14.0. The summed E-state index contributed by atoms with van der Waals surface area (Å²) in [5.74, 6) is -0.810. The number of carbonyl (C=O) groups excluding carboxylic acids is 2. The summed E-state index contributed by atoms with van der Waals surface area (Å²) in [6, 6.07) is 9.97. The van der Waals surface area contributed by atoms with Crippen LogP contribution >= 0.6 is 22.9 Å².